The van der Waals surface area contributed by atoms with E-state index in [0.717, 1.165) is 42.6 Å². The summed E-state index contributed by atoms with van der Waals surface area (Å²) >= 11 is 6.06. The van der Waals surface area contributed by atoms with Crippen molar-refractivity contribution in [3.05, 3.63) is 70.9 Å². The van der Waals surface area contributed by atoms with E-state index in [0.29, 0.717) is 48.1 Å². The average Bonchev–Trinajstić information content (AvgIpc) is 3.29. The molecule has 4 heterocycles. The topological polar surface area (TPSA) is 86.8 Å². The third-order valence-electron chi connectivity index (χ3n) is 6.29. The van der Waals surface area contributed by atoms with Crippen molar-refractivity contribution in [1.29, 1.82) is 0 Å². The number of aromatic amines is 1. The molecule has 1 saturated heterocycles. The van der Waals surface area contributed by atoms with Crippen molar-refractivity contribution < 1.29 is 18.0 Å². The van der Waals surface area contributed by atoms with Crippen LogP contribution in [0.15, 0.2) is 42.9 Å². The number of nitrogens with one attached hydrogen (secondary N) is 2. The molecule has 7 nitrogen and oxygen atoms in total. The number of pyridine rings is 1. The van der Waals surface area contributed by atoms with Crippen LogP contribution >= 0.6 is 11.6 Å². The summed E-state index contributed by atoms with van der Waals surface area (Å²) in [6, 6.07) is 4.61. The highest BCUT2D eigenvalue weighted by Gasteiger charge is 2.26. The van der Waals surface area contributed by atoms with Gasteiger partial charge in [0.15, 0.2) is 17.5 Å². The summed E-state index contributed by atoms with van der Waals surface area (Å²) in [6.45, 7) is 1.30. The maximum absolute atomic E-state index is 14.4. The van der Waals surface area contributed by atoms with Gasteiger partial charge in [-0.1, -0.05) is 11.6 Å². The maximum Gasteiger partial charge on any atom is 0.256 e. The van der Waals surface area contributed by atoms with E-state index in [2.05, 4.69) is 25.3 Å². The Kier molecular flexibility index (Phi) is 6.77. The lowest BCUT2D eigenvalue weighted by Gasteiger charge is -2.33. The normalized spacial score (nSPS) is 15.9. The van der Waals surface area contributed by atoms with E-state index in [1.165, 1.54) is 6.20 Å². The molecule has 1 aliphatic heterocycles. The van der Waals surface area contributed by atoms with Gasteiger partial charge in [-0.15, -0.1) is 0 Å². The Bertz CT molecular complexity index is 1430. The zero-order valence-electron chi connectivity index (χ0n) is 19.1. The molecular weight excluding hydrogens is 493 g/mol. The minimum atomic E-state index is -0.742. The molecule has 1 fully saturated rings. The summed E-state index contributed by atoms with van der Waals surface area (Å²) in [5, 5.41) is 4.21. The van der Waals surface area contributed by atoms with Crippen molar-refractivity contribution >= 4 is 34.4 Å². The number of fused-ring (bicyclic) bond motifs is 1. The first-order valence-corrected chi connectivity index (χ1v) is 11.9. The molecule has 186 valence electrons. The second-order valence-corrected chi connectivity index (χ2v) is 9.18. The molecule has 0 saturated carbocycles. The smallest absolute Gasteiger partial charge is 0.256 e. The standard InChI is InChI=1S/C25H22ClF3N6O/c26-15-8-17-19(11-32-22(17)31-10-15)23-33-12-21(29)24(34-23)30-6-5-14-2-1-7-35(13-14)25(36)18-9-16(27)3-4-20(18)28/h3-4,8-12,14H,1-2,5-7,13H2,(H,31,32)(H,30,33,34)/t14-/m1/s1. The molecule has 0 bridgehead atoms. The van der Waals surface area contributed by atoms with Gasteiger partial charge >= 0.3 is 0 Å². The number of carbonyl (C=O) groups is 1. The number of amides is 1. The molecule has 11 heteroatoms. The molecule has 2 N–H and O–H groups in total. The second-order valence-electron chi connectivity index (χ2n) is 8.74. The van der Waals surface area contributed by atoms with Crippen molar-refractivity contribution in [3.63, 3.8) is 0 Å². The number of halogens is 4. The van der Waals surface area contributed by atoms with Crippen LogP contribution in [0.4, 0.5) is 19.0 Å². The molecule has 1 atom stereocenters. The van der Waals surface area contributed by atoms with Crippen LogP contribution in [0.1, 0.15) is 29.6 Å². The van der Waals surface area contributed by atoms with Gasteiger partial charge in [0.1, 0.15) is 17.3 Å². The van der Waals surface area contributed by atoms with E-state index in [9.17, 15) is 18.0 Å². The van der Waals surface area contributed by atoms with E-state index in [-0.39, 0.29) is 17.3 Å². The molecule has 4 aromatic rings. The fourth-order valence-electron chi connectivity index (χ4n) is 4.50. The largest absolute Gasteiger partial charge is 0.368 e. The number of anilines is 1. The van der Waals surface area contributed by atoms with Gasteiger partial charge in [0.2, 0.25) is 0 Å². The fourth-order valence-corrected chi connectivity index (χ4v) is 4.65. The molecule has 0 radical (unpaired) electrons. The van der Waals surface area contributed by atoms with Crippen LogP contribution in [-0.4, -0.2) is 50.4 Å². The first-order valence-electron chi connectivity index (χ1n) is 11.5. The Hall–Kier alpha value is -3.66. The zero-order valence-corrected chi connectivity index (χ0v) is 19.8. The molecule has 1 aromatic carbocycles. The number of benzene rings is 1. The Morgan fingerprint density at radius 2 is 2.03 bits per heavy atom. The summed E-state index contributed by atoms with van der Waals surface area (Å²) < 4.78 is 42.0. The molecule has 3 aromatic heterocycles. The van der Waals surface area contributed by atoms with Crippen LogP contribution in [0.2, 0.25) is 5.02 Å². The van der Waals surface area contributed by atoms with Crippen molar-refractivity contribution in [1.82, 2.24) is 24.8 Å². The molecule has 1 amide bonds. The predicted octanol–water partition coefficient (Wildman–Crippen LogP) is 5.45. The van der Waals surface area contributed by atoms with Crippen LogP contribution in [0.3, 0.4) is 0 Å². The summed E-state index contributed by atoms with van der Waals surface area (Å²) in [4.78, 5) is 30.0. The van der Waals surface area contributed by atoms with Gasteiger partial charge in [-0.3, -0.25) is 4.79 Å². The summed E-state index contributed by atoms with van der Waals surface area (Å²) in [5.74, 6) is -2.00. The molecule has 36 heavy (non-hydrogen) atoms. The van der Waals surface area contributed by atoms with Crippen molar-refractivity contribution in [3.8, 4) is 11.4 Å². The van der Waals surface area contributed by atoms with Gasteiger partial charge in [-0.25, -0.2) is 28.1 Å². The zero-order chi connectivity index (χ0) is 25.2. The van der Waals surface area contributed by atoms with E-state index in [1.807, 2.05) is 0 Å². The number of nitrogens with zero attached hydrogens (tertiary/aromatic N) is 4. The maximum atomic E-state index is 14.4. The van der Waals surface area contributed by atoms with Crippen LogP contribution in [0, 0.1) is 23.4 Å². The SMILES string of the molecule is O=C(c1cc(F)ccc1F)N1CCC[C@H](CCNc2nc(-c3c[nH]c4ncc(Cl)cc34)ncc2F)C1. The third kappa shape index (κ3) is 4.99. The van der Waals surface area contributed by atoms with E-state index < -0.39 is 23.4 Å². The number of hydrogen-bond donors (Lipinski definition) is 2. The number of aromatic nitrogens is 4. The molecular formula is C25H22ClF3N6O. The quantitative estimate of drug-likeness (QED) is 0.357. The van der Waals surface area contributed by atoms with E-state index in [4.69, 9.17) is 11.6 Å². The van der Waals surface area contributed by atoms with Gasteiger partial charge in [-0.2, -0.15) is 0 Å². The first kappa shape index (κ1) is 24.1. The lowest BCUT2D eigenvalue weighted by Crippen LogP contribution is -2.40. The highest BCUT2D eigenvalue weighted by Crippen LogP contribution is 2.28. The Morgan fingerprint density at radius 1 is 1.17 bits per heavy atom. The number of H-pyrrole nitrogens is 1. The average molecular weight is 515 g/mol. The number of piperidine rings is 1. The molecule has 5 rings (SSSR count). The van der Waals surface area contributed by atoms with Crippen molar-refractivity contribution in [2.75, 3.05) is 25.0 Å². The van der Waals surface area contributed by atoms with Crippen molar-refractivity contribution in [2.24, 2.45) is 5.92 Å². The summed E-state index contributed by atoms with van der Waals surface area (Å²) in [6.07, 6.45) is 6.59. The first-order chi connectivity index (χ1) is 17.4. The third-order valence-corrected chi connectivity index (χ3v) is 6.50. The monoisotopic (exact) mass is 514 g/mol. The van der Waals surface area contributed by atoms with Crippen LogP contribution < -0.4 is 5.32 Å². The molecule has 1 aliphatic rings. The van der Waals surface area contributed by atoms with Crippen LogP contribution in [0.25, 0.3) is 22.4 Å². The molecule has 0 unspecified atom stereocenters. The van der Waals surface area contributed by atoms with Gasteiger partial charge in [0, 0.05) is 43.0 Å². The Balaban J connectivity index is 1.23. The van der Waals surface area contributed by atoms with Gasteiger partial charge < -0.3 is 15.2 Å². The van der Waals surface area contributed by atoms with E-state index in [1.54, 1.807) is 17.2 Å². The Labute approximate surface area is 209 Å². The minimum Gasteiger partial charge on any atom is -0.368 e. The number of likely N-dealkylation sites (tertiary alicyclic amines) is 1. The number of carbonyl (C=O) groups excluding carboxylic acids is 1. The van der Waals surface area contributed by atoms with Crippen LogP contribution in [-0.2, 0) is 0 Å². The summed E-state index contributed by atoms with van der Waals surface area (Å²) in [7, 11) is 0. The second kappa shape index (κ2) is 10.1. The van der Waals surface area contributed by atoms with Gasteiger partial charge in [-0.05, 0) is 49.4 Å². The van der Waals surface area contributed by atoms with Crippen molar-refractivity contribution in [2.45, 2.75) is 19.3 Å². The fraction of sp³-hybridized carbons (Fsp3) is 0.280. The highest BCUT2D eigenvalue weighted by molar-refractivity contribution is 6.31. The van der Waals surface area contributed by atoms with Gasteiger partial charge in [0.05, 0.1) is 16.8 Å². The van der Waals surface area contributed by atoms with Crippen LogP contribution in [0.5, 0.6) is 0 Å². The lowest BCUT2D eigenvalue weighted by molar-refractivity contribution is 0.0665. The predicted molar refractivity (Wildman–Crippen MR) is 130 cm³/mol. The Morgan fingerprint density at radius 3 is 2.89 bits per heavy atom. The molecule has 0 aliphatic carbocycles. The number of rotatable bonds is 6. The lowest BCUT2D eigenvalue weighted by atomic mass is 9.94. The highest BCUT2D eigenvalue weighted by atomic mass is 35.5. The van der Waals surface area contributed by atoms with Gasteiger partial charge in [0.25, 0.3) is 5.91 Å². The molecule has 0 spiro atoms. The number of hydrogen-bond acceptors (Lipinski definition) is 5. The van der Waals surface area contributed by atoms with E-state index >= 15 is 0 Å². The summed E-state index contributed by atoms with van der Waals surface area (Å²) in [5.41, 5.74) is 0.999. The minimum absolute atomic E-state index is 0.0647.